The number of benzene rings is 3. The van der Waals surface area contributed by atoms with Crippen LogP contribution in [-0.4, -0.2) is 26.2 Å². The summed E-state index contributed by atoms with van der Waals surface area (Å²) in [5.74, 6) is 0.149. The Labute approximate surface area is 180 Å². The molecule has 0 saturated heterocycles. The predicted molar refractivity (Wildman–Crippen MR) is 117 cm³/mol. The van der Waals surface area contributed by atoms with Crippen molar-refractivity contribution in [3.63, 3.8) is 0 Å². The van der Waals surface area contributed by atoms with Crippen LogP contribution < -0.4 is 15.0 Å². The predicted octanol–water partition coefficient (Wildman–Crippen LogP) is 5.37. The van der Waals surface area contributed by atoms with Gasteiger partial charge in [-0.1, -0.05) is 41.9 Å². The van der Waals surface area contributed by atoms with E-state index in [-0.39, 0.29) is 12.5 Å². The molecular weight excluding hydrogens is 404 g/mol. The summed E-state index contributed by atoms with van der Waals surface area (Å²) in [6.45, 7) is 0.249. The molecule has 0 radical (unpaired) electrons. The first kappa shape index (κ1) is 21.2. The summed E-state index contributed by atoms with van der Waals surface area (Å²) in [4.78, 5) is 25.7. The number of anilines is 2. The summed E-state index contributed by atoms with van der Waals surface area (Å²) in [6.07, 6.45) is -0.476. The second-order valence-corrected chi connectivity index (χ2v) is 6.81. The van der Waals surface area contributed by atoms with Crippen LogP contribution in [0.25, 0.3) is 0 Å². The molecule has 0 saturated carbocycles. The van der Waals surface area contributed by atoms with Gasteiger partial charge in [-0.15, -0.1) is 0 Å². The number of hydrogen-bond donors (Lipinski definition) is 1. The van der Waals surface area contributed by atoms with Crippen molar-refractivity contribution in [2.24, 2.45) is 0 Å². The van der Waals surface area contributed by atoms with Crippen molar-refractivity contribution in [2.75, 3.05) is 24.4 Å². The third-order valence-corrected chi connectivity index (χ3v) is 4.80. The SMILES string of the molecule is COC(=O)N(C)c1ccc(NC(=O)c2ccccc2OCc2ccccc2Cl)cc1. The van der Waals surface area contributed by atoms with E-state index in [2.05, 4.69) is 10.1 Å². The molecule has 0 aromatic heterocycles. The largest absolute Gasteiger partial charge is 0.488 e. The first-order valence-corrected chi connectivity index (χ1v) is 9.55. The Morgan fingerprint density at radius 2 is 1.63 bits per heavy atom. The average Bonchev–Trinajstić information content (AvgIpc) is 2.78. The molecule has 0 aliphatic heterocycles. The van der Waals surface area contributed by atoms with Crippen LogP contribution in [0.2, 0.25) is 5.02 Å². The monoisotopic (exact) mass is 424 g/mol. The van der Waals surface area contributed by atoms with Crippen LogP contribution in [0, 0.1) is 0 Å². The molecule has 0 aliphatic rings. The number of carbonyl (C=O) groups excluding carboxylic acids is 2. The Morgan fingerprint density at radius 1 is 0.967 bits per heavy atom. The molecule has 3 aromatic rings. The van der Waals surface area contributed by atoms with Gasteiger partial charge in [0.1, 0.15) is 12.4 Å². The Morgan fingerprint density at radius 3 is 2.33 bits per heavy atom. The van der Waals surface area contributed by atoms with Gasteiger partial charge in [0, 0.05) is 29.0 Å². The van der Waals surface area contributed by atoms with Gasteiger partial charge in [0.25, 0.3) is 5.91 Å². The van der Waals surface area contributed by atoms with E-state index >= 15 is 0 Å². The number of para-hydroxylation sites is 1. The summed E-state index contributed by atoms with van der Waals surface area (Å²) in [5.41, 5.74) is 2.46. The normalized spacial score (nSPS) is 10.2. The maximum absolute atomic E-state index is 12.8. The van der Waals surface area contributed by atoms with E-state index in [0.717, 1.165) is 5.56 Å². The lowest BCUT2D eigenvalue weighted by Crippen LogP contribution is -2.25. The molecule has 0 atom stereocenters. The van der Waals surface area contributed by atoms with E-state index in [0.29, 0.717) is 27.7 Å². The van der Waals surface area contributed by atoms with Gasteiger partial charge in [-0.25, -0.2) is 4.79 Å². The van der Waals surface area contributed by atoms with Gasteiger partial charge in [0.2, 0.25) is 0 Å². The molecule has 0 spiro atoms. The zero-order valence-corrected chi connectivity index (χ0v) is 17.3. The number of amides is 2. The van der Waals surface area contributed by atoms with Crippen molar-refractivity contribution in [2.45, 2.75) is 6.61 Å². The first-order valence-electron chi connectivity index (χ1n) is 9.18. The minimum absolute atomic E-state index is 0.249. The fourth-order valence-electron chi connectivity index (χ4n) is 2.76. The van der Waals surface area contributed by atoms with E-state index in [1.807, 2.05) is 18.2 Å². The molecule has 0 bridgehead atoms. The summed E-state index contributed by atoms with van der Waals surface area (Å²) >= 11 is 6.17. The summed E-state index contributed by atoms with van der Waals surface area (Å²) in [6, 6.07) is 21.2. The van der Waals surface area contributed by atoms with Crippen molar-refractivity contribution in [1.29, 1.82) is 0 Å². The van der Waals surface area contributed by atoms with Crippen molar-refractivity contribution in [3.8, 4) is 5.75 Å². The van der Waals surface area contributed by atoms with Crippen LogP contribution in [0.4, 0.5) is 16.2 Å². The number of nitrogens with one attached hydrogen (secondary N) is 1. The van der Waals surface area contributed by atoms with Crippen LogP contribution in [0.1, 0.15) is 15.9 Å². The van der Waals surface area contributed by atoms with Gasteiger partial charge in [-0.05, 0) is 42.5 Å². The van der Waals surface area contributed by atoms with Crippen molar-refractivity contribution in [1.82, 2.24) is 0 Å². The molecule has 2 amide bonds. The van der Waals surface area contributed by atoms with E-state index in [1.165, 1.54) is 12.0 Å². The number of ether oxygens (including phenoxy) is 2. The lowest BCUT2D eigenvalue weighted by molar-refractivity contribution is 0.102. The Hall–Kier alpha value is -3.51. The summed E-state index contributed by atoms with van der Waals surface area (Å²) in [7, 11) is 2.92. The molecular formula is C23H21ClN2O4. The van der Waals surface area contributed by atoms with Crippen LogP contribution >= 0.6 is 11.6 Å². The number of hydrogen-bond acceptors (Lipinski definition) is 4. The fourth-order valence-corrected chi connectivity index (χ4v) is 2.95. The minimum atomic E-state index is -0.476. The van der Waals surface area contributed by atoms with Gasteiger partial charge in [-0.3, -0.25) is 9.69 Å². The Bertz CT molecular complexity index is 1040. The third-order valence-electron chi connectivity index (χ3n) is 4.43. The summed E-state index contributed by atoms with van der Waals surface area (Å²) < 4.78 is 10.5. The van der Waals surface area contributed by atoms with Gasteiger partial charge >= 0.3 is 6.09 Å². The molecule has 0 heterocycles. The minimum Gasteiger partial charge on any atom is -0.488 e. The maximum atomic E-state index is 12.8. The molecule has 3 rings (SSSR count). The lowest BCUT2D eigenvalue weighted by atomic mass is 10.1. The highest BCUT2D eigenvalue weighted by atomic mass is 35.5. The number of halogens is 1. The van der Waals surface area contributed by atoms with Crippen molar-refractivity contribution < 1.29 is 19.1 Å². The Kier molecular flexibility index (Phi) is 6.93. The molecule has 30 heavy (non-hydrogen) atoms. The van der Waals surface area contributed by atoms with E-state index in [9.17, 15) is 9.59 Å². The molecule has 0 aliphatic carbocycles. The standard InChI is InChI=1S/C23H21ClN2O4/c1-26(23(28)29-2)18-13-11-17(12-14-18)25-22(27)19-8-4-6-10-21(19)30-15-16-7-3-5-9-20(16)24/h3-14H,15H2,1-2H3,(H,25,27). The highest BCUT2D eigenvalue weighted by Gasteiger charge is 2.14. The number of rotatable bonds is 6. The quantitative estimate of drug-likeness (QED) is 0.577. The highest BCUT2D eigenvalue weighted by Crippen LogP contribution is 2.24. The van der Waals surface area contributed by atoms with Crippen molar-refractivity contribution >= 4 is 35.0 Å². The zero-order valence-electron chi connectivity index (χ0n) is 16.6. The van der Waals surface area contributed by atoms with Crippen LogP contribution in [-0.2, 0) is 11.3 Å². The smallest absolute Gasteiger partial charge is 0.413 e. The highest BCUT2D eigenvalue weighted by molar-refractivity contribution is 6.31. The van der Waals surface area contributed by atoms with Crippen LogP contribution in [0.15, 0.2) is 72.8 Å². The van der Waals surface area contributed by atoms with E-state index < -0.39 is 6.09 Å². The van der Waals surface area contributed by atoms with Gasteiger partial charge < -0.3 is 14.8 Å². The van der Waals surface area contributed by atoms with Gasteiger partial charge in [-0.2, -0.15) is 0 Å². The zero-order chi connectivity index (χ0) is 21.5. The van der Waals surface area contributed by atoms with Crippen molar-refractivity contribution in [3.05, 3.63) is 88.9 Å². The molecule has 6 nitrogen and oxygen atoms in total. The van der Waals surface area contributed by atoms with Crippen LogP contribution in [0.5, 0.6) is 5.75 Å². The molecule has 0 unspecified atom stereocenters. The van der Waals surface area contributed by atoms with Crippen LogP contribution in [0.3, 0.4) is 0 Å². The number of nitrogens with zero attached hydrogens (tertiary/aromatic N) is 1. The summed E-state index contributed by atoms with van der Waals surface area (Å²) in [5, 5.41) is 3.45. The lowest BCUT2D eigenvalue weighted by Gasteiger charge is -2.16. The topological polar surface area (TPSA) is 67.9 Å². The molecule has 7 heteroatoms. The third kappa shape index (κ3) is 5.10. The maximum Gasteiger partial charge on any atom is 0.413 e. The molecule has 1 N–H and O–H groups in total. The molecule has 3 aromatic carbocycles. The average molecular weight is 425 g/mol. The molecule has 154 valence electrons. The fraction of sp³-hybridized carbons (Fsp3) is 0.130. The van der Waals surface area contributed by atoms with E-state index in [1.54, 1.807) is 61.6 Å². The number of carbonyl (C=O) groups is 2. The Balaban J connectivity index is 1.70. The van der Waals surface area contributed by atoms with Gasteiger partial charge in [0.15, 0.2) is 0 Å². The second kappa shape index (κ2) is 9.80. The second-order valence-electron chi connectivity index (χ2n) is 6.41. The number of methoxy groups -OCH3 is 1. The van der Waals surface area contributed by atoms with Gasteiger partial charge in [0.05, 0.1) is 12.7 Å². The molecule has 0 fully saturated rings. The van der Waals surface area contributed by atoms with E-state index in [4.69, 9.17) is 16.3 Å². The first-order chi connectivity index (χ1) is 14.5.